The van der Waals surface area contributed by atoms with E-state index in [1.807, 2.05) is 43.3 Å². The number of aryl methyl sites for hydroxylation is 1. The van der Waals surface area contributed by atoms with E-state index >= 15 is 0 Å². The fraction of sp³-hybridized carbons (Fsp3) is 0.167. The first kappa shape index (κ1) is 15.7. The molecule has 2 heterocycles. The van der Waals surface area contributed by atoms with Crippen molar-refractivity contribution in [2.75, 3.05) is 22.5 Å². The van der Waals surface area contributed by atoms with Gasteiger partial charge < -0.3 is 15.2 Å². The summed E-state index contributed by atoms with van der Waals surface area (Å²) < 4.78 is 0. The Kier molecular flexibility index (Phi) is 3.93. The van der Waals surface area contributed by atoms with Crippen LogP contribution in [0.25, 0.3) is 11.0 Å². The molecule has 6 nitrogen and oxygen atoms in total. The summed E-state index contributed by atoms with van der Waals surface area (Å²) in [6.45, 7) is 2.06. The molecule has 1 aromatic heterocycles. The van der Waals surface area contributed by atoms with Crippen molar-refractivity contribution in [1.82, 2.24) is 9.97 Å². The molecule has 2 aromatic carbocycles. The van der Waals surface area contributed by atoms with Crippen molar-refractivity contribution < 1.29 is 9.59 Å². The monoisotopic (exact) mass is 352 g/mol. The van der Waals surface area contributed by atoms with E-state index in [4.69, 9.17) is 0 Å². The number of fused-ring (bicyclic) bond motifs is 2. The molecular formula is C18H16N4O2S. The third-order valence-corrected chi connectivity index (χ3v) is 4.88. The molecule has 0 fully saturated rings. The first-order valence-corrected chi connectivity index (χ1v) is 8.87. The van der Waals surface area contributed by atoms with Crippen LogP contribution in [0.15, 0.2) is 47.6 Å². The lowest BCUT2D eigenvalue weighted by molar-refractivity contribution is -0.120. The first-order valence-electron chi connectivity index (χ1n) is 7.88. The van der Waals surface area contributed by atoms with Crippen LogP contribution in [0.2, 0.25) is 0 Å². The summed E-state index contributed by atoms with van der Waals surface area (Å²) in [5.41, 5.74) is 4.38. The van der Waals surface area contributed by atoms with Crippen molar-refractivity contribution in [2.24, 2.45) is 0 Å². The Bertz CT molecular complexity index is 982. The predicted octanol–water partition coefficient (Wildman–Crippen LogP) is 2.95. The Hall–Kier alpha value is -2.80. The molecule has 0 aliphatic carbocycles. The van der Waals surface area contributed by atoms with Gasteiger partial charge in [0.25, 0.3) is 0 Å². The average Bonchev–Trinajstić information content (AvgIpc) is 3.00. The molecular weight excluding hydrogens is 336 g/mol. The Morgan fingerprint density at radius 2 is 2.12 bits per heavy atom. The van der Waals surface area contributed by atoms with Crippen LogP contribution < -0.4 is 10.2 Å². The number of para-hydroxylation sites is 2. The second-order valence-corrected chi connectivity index (χ2v) is 6.86. The molecule has 1 aliphatic rings. The summed E-state index contributed by atoms with van der Waals surface area (Å²) in [5.74, 6) is -0.0966. The number of benzene rings is 2. The Morgan fingerprint density at radius 3 is 3.00 bits per heavy atom. The fourth-order valence-corrected chi connectivity index (χ4v) is 3.59. The number of hydrogen-bond acceptors (Lipinski definition) is 4. The number of carbonyl (C=O) groups is 2. The molecule has 0 radical (unpaired) electrons. The van der Waals surface area contributed by atoms with Crippen LogP contribution >= 0.6 is 11.8 Å². The van der Waals surface area contributed by atoms with Gasteiger partial charge in [0, 0.05) is 0 Å². The number of nitrogens with zero attached hydrogens (tertiary/aromatic N) is 2. The minimum Gasteiger partial charge on any atom is -0.333 e. The van der Waals surface area contributed by atoms with Gasteiger partial charge in [-0.3, -0.25) is 9.59 Å². The molecule has 4 rings (SSSR count). The number of carbonyl (C=O) groups excluding carboxylic acids is 2. The lowest BCUT2D eigenvalue weighted by atomic mass is 10.2. The summed E-state index contributed by atoms with van der Waals surface area (Å²) in [6, 6.07) is 13.3. The predicted molar refractivity (Wildman–Crippen MR) is 99.0 cm³/mol. The van der Waals surface area contributed by atoms with Crippen molar-refractivity contribution in [2.45, 2.75) is 12.1 Å². The molecule has 0 atom stereocenters. The molecule has 0 spiro atoms. The highest BCUT2D eigenvalue weighted by Gasteiger charge is 2.26. The van der Waals surface area contributed by atoms with Crippen molar-refractivity contribution >= 4 is 46.0 Å². The molecule has 2 N–H and O–H groups in total. The zero-order valence-corrected chi connectivity index (χ0v) is 14.4. The van der Waals surface area contributed by atoms with E-state index in [1.54, 1.807) is 6.07 Å². The highest BCUT2D eigenvalue weighted by Crippen LogP contribution is 2.30. The Labute approximate surface area is 148 Å². The van der Waals surface area contributed by atoms with E-state index in [0.717, 1.165) is 22.3 Å². The van der Waals surface area contributed by atoms with Crippen LogP contribution in [0.5, 0.6) is 0 Å². The number of amides is 2. The number of H-pyrrole nitrogens is 1. The van der Waals surface area contributed by atoms with E-state index in [1.165, 1.54) is 16.7 Å². The third kappa shape index (κ3) is 3.10. The number of nitrogens with one attached hydrogen (secondary N) is 2. The maximum atomic E-state index is 12.6. The van der Waals surface area contributed by atoms with Gasteiger partial charge in [-0.15, -0.1) is 0 Å². The smallest absolute Gasteiger partial charge is 0.244 e. The number of hydrogen-bond donors (Lipinski definition) is 2. The molecule has 25 heavy (non-hydrogen) atoms. The van der Waals surface area contributed by atoms with Crippen LogP contribution in [0.1, 0.15) is 5.56 Å². The zero-order valence-electron chi connectivity index (χ0n) is 13.6. The number of imidazole rings is 1. The van der Waals surface area contributed by atoms with Crippen LogP contribution in [0.4, 0.5) is 11.4 Å². The Balaban J connectivity index is 1.51. The van der Waals surface area contributed by atoms with Gasteiger partial charge in [-0.1, -0.05) is 30.0 Å². The molecule has 0 saturated heterocycles. The molecule has 0 bridgehead atoms. The highest BCUT2D eigenvalue weighted by molar-refractivity contribution is 7.99. The number of aromatic amines is 1. The topological polar surface area (TPSA) is 78.1 Å². The molecule has 7 heteroatoms. The van der Waals surface area contributed by atoms with Gasteiger partial charge in [-0.05, 0) is 36.8 Å². The van der Waals surface area contributed by atoms with Crippen LogP contribution in [0.3, 0.4) is 0 Å². The van der Waals surface area contributed by atoms with Crippen molar-refractivity contribution in [3.63, 3.8) is 0 Å². The molecule has 0 saturated carbocycles. The van der Waals surface area contributed by atoms with Crippen LogP contribution in [-0.2, 0) is 9.59 Å². The van der Waals surface area contributed by atoms with E-state index in [2.05, 4.69) is 15.3 Å². The van der Waals surface area contributed by atoms with Crippen LogP contribution in [0, 0.1) is 6.92 Å². The van der Waals surface area contributed by atoms with E-state index in [0.29, 0.717) is 10.8 Å². The molecule has 3 aromatic rings. The summed E-state index contributed by atoms with van der Waals surface area (Å²) in [6.07, 6.45) is 0. The summed E-state index contributed by atoms with van der Waals surface area (Å²) in [4.78, 5) is 33.7. The number of rotatable bonds is 3. The molecule has 0 unspecified atom stereocenters. The van der Waals surface area contributed by atoms with Crippen molar-refractivity contribution in [1.29, 1.82) is 0 Å². The van der Waals surface area contributed by atoms with Crippen molar-refractivity contribution in [3.8, 4) is 0 Å². The maximum absolute atomic E-state index is 12.6. The van der Waals surface area contributed by atoms with Gasteiger partial charge in [0.05, 0.1) is 28.2 Å². The minimum atomic E-state index is -0.184. The summed E-state index contributed by atoms with van der Waals surface area (Å²) in [7, 11) is 0. The zero-order chi connectivity index (χ0) is 17.4. The Morgan fingerprint density at radius 1 is 1.28 bits per heavy atom. The van der Waals surface area contributed by atoms with Gasteiger partial charge in [0.2, 0.25) is 11.8 Å². The van der Waals surface area contributed by atoms with E-state index in [-0.39, 0.29) is 24.1 Å². The van der Waals surface area contributed by atoms with E-state index in [9.17, 15) is 9.59 Å². The number of thioether (sulfide) groups is 1. The fourth-order valence-electron chi connectivity index (χ4n) is 2.83. The maximum Gasteiger partial charge on any atom is 0.244 e. The van der Waals surface area contributed by atoms with E-state index < -0.39 is 0 Å². The normalized spacial score (nSPS) is 13.6. The first-order chi connectivity index (χ1) is 12.1. The lowest BCUT2D eigenvalue weighted by Crippen LogP contribution is -2.43. The van der Waals surface area contributed by atoms with Crippen LogP contribution in [-0.4, -0.2) is 34.1 Å². The van der Waals surface area contributed by atoms with Gasteiger partial charge >= 0.3 is 0 Å². The number of aromatic nitrogens is 2. The largest absolute Gasteiger partial charge is 0.333 e. The second-order valence-electron chi connectivity index (χ2n) is 5.90. The number of anilines is 2. The summed E-state index contributed by atoms with van der Waals surface area (Å²) >= 11 is 1.34. The van der Waals surface area contributed by atoms with Gasteiger partial charge in [-0.2, -0.15) is 0 Å². The SMILES string of the molecule is Cc1ccc2nc(SCC(=O)N3CC(=O)Nc4ccccc43)[nH]c2c1. The average molecular weight is 352 g/mol. The highest BCUT2D eigenvalue weighted by atomic mass is 32.2. The van der Waals surface area contributed by atoms with Gasteiger partial charge in [0.1, 0.15) is 6.54 Å². The van der Waals surface area contributed by atoms with Gasteiger partial charge in [-0.25, -0.2) is 4.98 Å². The third-order valence-electron chi connectivity index (χ3n) is 4.02. The van der Waals surface area contributed by atoms with Crippen molar-refractivity contribution in [3.05, 3.63) is 48.0 Å². The minimum absolute atomic E-state index is 0.0374. The quantitative estimate of drug-likeness (QED) is 0.711. The summed E-state index contributed by atoms with van der Waals surface area (Å²) in [5, 5.41) is 3.48. The molecule has 1 aliphatic heterocycles. The lowest BCUT2D eigenvalue weighted by Gasteiger charge is -2.28. The second kappa shape index (κ2) is 6.25. The van der Waals surface area contributed by atoms with Gasteiger partial charge in [0.15, 0.2) is 5.16 Å². The molecule has 2 amide bonds. The standard InChI is InChI=1S/C18H16N4O2S/c1-11-6-7-12-14(8-11)21-18(20-12)25-10-17(24)22-9-16(23)19-13-4-2-3-5-15(13)22/h2-8H,9-10H2,1H3,(H,19,23)(H,20,21). The molecule has 126 valence electrons.